The highest BCUT2D eigenvalue weighted by molar-refractivity contribution is 5.94. The highest BCUT2D eigenvalue weighted by Gasteiger charge is 2.09. The quantitative estimate of drug-likeness (QED) is 0.576. The number of hydrogen-bond donors (Lipinski definition) is 2. The van der Waals surface area contributed by atoms with Crippen LogP contribution in [0.15, 0.2) is 48.8 Å². The number of pyridine rings is 1. The normalized spacial score (nSPS) is 10.9. The molecule has 152 valence electrons. The number of imidazole rings is 1. The van der Waals surface area contributed by atoms with E-state index >= 15 is 0 Å². The van der Waals surface area contributed by atoms with Crippen molar-refractivity contribution in [3.63, 3.8) is 0 Å². The Bertz CT molecular complexity index is 1010. The van der Waals surface area contributed by atoms with Crippen LogP contribution in [0, 0.1) is 12.8 Å². The van der Waals surface area contributed by atoms with Crippen molar-refractivity contribution in [1.29, 1.82) is 0 Å². The molecule has 0 fully saturated rings. The monoisotopic (exact) mass is 394 g/mol. The minimum atomic E-state index is -0.211. The summed E-state index contributed by atoms with van der Waals surface area (Å²) in [5.41, 5.74) is 3.34. The second-order valence-corrected chi connectivity index (χ2v) is 7.22. The van der Waals surface area contributed by atoms with Crippen molar-refractivity contribution in [3.8, 4) is 5.75 Å². The predicted octanol–water partition coefficient (Wildman–Crippen LogP) is 2.72. The third kappa shape index (κ3) is 5.57. The Kier molecular flexibility index (Phi) is 6.49. The average molecular weight is 394 g/mol. The molecule has 7 nitrogen and oxygen atoms in total. The zero-order valence-electron chi connectivity index (χ0n) is 16.9. The van der Waals surface area contributed by atoms with Gasteiger partial charge >= 0.3 is 0 Å². The summed E-state index contributed by atoms with van der Waals surface area (Å²) < 4.78 is 7.78. The Labute approximate surface area is 170 Å². The van der Waals surface area contributed by atoms with Gasteiger partial charge in [0.05, 0.1) is 5.69 Å². The summed E-state index contributed by atoms with van der Waals surface area (Å²) in [5, 5.41) is 5.56. The van der Waals surface area contributed by atoms with E-state index in [1.54, 1.807) is 24.3 Å². The SMILES string of the molecule is Cc1ccc2nc(COc3cccc(C(=O)NCCNC(=O)C(C)C)c3)cn2c1. The van der Waals surface area contributed by atoms with E-state index in [0.29, 0.717) is 31.0 Å². The van der Waals surface area contributed by atoms with Crippen molar-refractivity contribution in [3.05, 3.63) is 65.6 Å². The van der Waals surface area contributed by atoms with Gasteiger partial charge in [-0.25, -0.2) is 4.98 Å². The van der Waals surface area contributed by atoms with Gasteiger partial charge < -0.3 is 19.8 Å². The van der Waals surface area contributed by atoms with Crippen LogP contribution in [0.1, 0.15) is 35.5 Å². The smallest absolute Gasteiger partial charge is 0.251 e. The largest absolute Gasteiger partial charge is 0.487 e. The summed E-state index contributed by atoms with van der Waals surface area (Å²) in [4.78, 5) is 28.3. The maximum atomic E-state index is 12.3. The maximum Gasteiger partial charge on any atom is 0.251 e. The highest BCUT2D eigenvalue weighted by Crippen LogP contribution is 2.16. The van der Waals surface area contributed by atoms with E-state index in [0.717, 1.165) is 16.9 Å². The topological polar surface area (TPSA) is 84.7 Å². The van der Waals surface area contributed by atoms with Gasteiger partial charge in [-0.15, -0.1) is 0 Å². The first kappa shape index (κ1) is 20.4. The highest BCUT2D eigenvalue weighted by atomic mass is 16.5. The van der Waals surface area contributed by atoms with Gasteiger partial charge in [0.15, 0.2) is 0 Å². The fraction of sp³-hybridized carbons (Fsp3) is 0.318. The summed E-state index contributed by atoms with van der Waals surface area (Å²) in [6.07, 6.45) is 3.95. The zero-order chi connectivity index (χ0) is 20.8. The van der Waals surface area contributed by atoms with Crippen molar-refractivity contribution in [2.24, 2.45) is 5.92 Å². The summed E-state index contributed by atoms with van der Waals surface area (Å²) in [7, 11) is 0. The van der Waals surface area contributed by atoms with E-state index in [1.807, 2.05) is 49.7 Å². The standard InChI is InChI=1S/C22H26N4O3/c1-15(2)21(27)23-9-10-24-22(28)17-5-4-6-19(11-17)29-14-18-13-26-12-16(3)7-8-20(26)25-18/h4-8,11-13,15H,9-10,14H2,1-3H3,(H,23,27)(H,24,28). The molecular formula is C22H26N4O3. The number of aromatic nitrogens is 2. The van der Waals surface area contributed by atoms with Crippen LogP contribution in [0.3, 0.4) is 0 Å². The van der Waals surface area contributed by atoms with E-state index in [2.05, 4.69) is 15.6 Å². The van der Waals surface area contributed by atoms with E-state index in [-0.39, 0.29) is 17.7 Å². The van der Waals surface area contributed by atoms with Gasteiger partial charge in [-0.05, 0) is 36.8 Å². The summed E-state index contributed by atoms with van der Waals surface area (Å²) >= 11 is 0. The van der Waals surface area contributed by atoms with Crippen LogP contribution in [0.2, 0.25) is 0 Å². The molecule has 0 aliphatic carbocycles. The molecule has 0 aliphatic rings. The van der Waals surface area contributed by atoms with Crippen molar-refractivity contribution >= 4 is 17.5 Å². The molecule has 2 heterocycles. The summed E-state index contributed by atoms with van der Waals surface area (Å²) in [6.45, 7) is 6.76. The molecule has 2 aromatic heterocycles. The molecule has 3 rings (SSSR count). The van der Waals surface area contributed by atoms with Crippen LogP contribution in [0.5, 0.6) is 5.75 Å². The van der Waals surface area contributed by atoms with Crippen molar-refractivity contribution in [2.45, 2.75) is 27.4 Å². The summed E-state index contributed by atoms with van der Waals surface area (Å²) in [6, 6.07) is 11.0. The number of aryl methyl sites for hydroxylation is 1. The number of hydrogen-bond acceptors (Lipinski definition) is 4. The van der Waals surface area contributed by atoms with E-state index in [4.69, 9.17) is 4.74 Å². The van der Waals surface area contributed by atoms with Crippen LogP contribution in [0.25, 0.3) is 5.65 Å². The number of benzene rings is 1. The lowest BCUT2D eigenvalue weighted by Gasteiger charge is -2.10. The molecule has 0 saturated heterocycles. The molecule has 0 aliphatic heterocycles. The third-order valence-electron chi connectivity index (χ3n) is 4.37. The van der Waals surface area contributed by atoms with Gasteiger partial charge in [0.1, 0.15) is 18.0 Å². The van der Waals surface area contributed by atoms with Gasteiger partial charge in [-0.3, -0.25) is 9.59 Å². The number of ether oxygens (including phenoxy) is 1. The van der Waals surface area contributed by atoms with Gasteiger partial charge in [0.25, 0.3) is 5.91 Å². The number of amides is 2. The first-order valence-electron chi connectivity index (χ1n) is 9.65. The van der Waals surface area contributed by atoms with Crippen LogP contribution in [-0.2, 0) is 11.4 Å². The Morgan fingerprint density at radius 2 is 1.90 bits per heavy atom. The molecule has 7 heteroatoms. The molecule has 0 radical (unpaired) electrons. The molecule has 0 spiro atoms. The Balaban J connectivity index is 1.53. The molecule has 0 saturated carbocycles. The molecule has 2 N–H and O–H groups in total. The van der Waals surface area contributed by atoms with Crippen LogP contribution < -0.4 is 15.4 Å². The Morgan fingerprint density at radius 1 is 1.10 bits per heavy atom. The number of nitrogens with zero attached hydrogens (tertiary/aromatic N) is 2. The van der Waals surface area contributed by atoms with Crippen LogP contribution in [0.4, 0.5) is 0 Å². The average Bonchev–Trinajstić information content (AvgIpc) is 3.11. The van der Waals surface area contributed by atoms with Crippen LogP contribution >= 0.6 is 0 Å². The second kappa shape index (κ2) is 9.23. The number of carbonyl (C=O) groups excluding carboxylic acids is 2. The second-order valence-electron chi connectivity index (χ2n) is 7.22. The first-order chi connectivity index (χ1) is 13.9. The molecule has 0 unspecified atom stereocenters. The Morgan fingerprint density at radius 3 is 2.69 bits per heavy atom. The zero-order valence-corrected chi connectivity index (χ0v) is 16.9. The van der Waals surface area contributed by atoms with Crippen LogP contribution in [-0.4, -0.2) is 34.3 Å². The first-order valence-corrected chi connectivity index (χ1v) is 9.65. The molecule has 1 aromatic carbocycles. The predicted molar refractivity (Wildman–Crippen MR) is 111 cm³/mol. The maximum absolute atomic E-state index is 12.3. The molecular weight excluding hydrogens is 368 g/mol. The number of fused-ring (bicyclic) bond motifs is 1. The van der Waals surface area contributed by atoms with E-state index < -0.39 is 0 Å². The van der Waals surface area contributed by atoms with Crippen molar-refractivity contribution in [1.82, 2.24) is 20.0 Å². The van der Waals surface area contributed by atoms with Crippen molar-refractivity contribution < 1.29 is 14.3 Å². The minimum Gasteiger partial charge on any atom is -0.487 e. The summed E-state index contributed by atoms with van der Waals surface area (Å²) in [5.74, 6) is 0.282. The van der Waals surface area contributed by atoms with Gasteiger partial charge in [0, 0.05) is 37.0 Å². The number of carbonyl (C=O) groups is 2. The molecule has 0 atom stereocenters. The van der Waals surface area contributed by atoms with Gasteiger partial charge in [-0.1, -0.05) is 26.0 Å². The lowest BCUT2D eigenvalue weighted by atomic mass is 10.2. The lowest BCUT2D eigenvalue weighted by Crippen LogP contribution is -2.36. The van der Waals surface area contributed by atoms with Crippen molar-refractivity contribution in [2.75, 3.05) is 13.1 Å². The molecule has 29 heavy (non-hydrogen) atoms. The number of nitrogens with one attached hydrogen (secondary N) is 2. The molecule has 2 amide bonds. The fourth-order valence-electron chi connectivity index (χ4n) is 2.78. The molecule has 0 bridgehead atoms. The Hall–Kier alpha value is -3.35. The van der Waals surface area contributed by atoms with E-state index in [9.17, 15) is 9.59 Å². The lowest BCUT2D eigenvalue weighted by molar-refractivity contribution is -0.123. The minimum absolute atomic E-state index is 0.0308. The van der Waals surface area contributed by atoms with E-state index in [1.165, 1.54) is 0 Å². The fourth-order valence-corrected chi connectivity index (χ4v) is 2.78. The third-order valence-corrected chi connectivity index (χ3v) is 4.37. The molecule has 3 aromatic rings. The van der Waals surface area contributed by atoms with Gasteiger partial charge in [0.2, 0.25) is 5.91 Å². The van der Waals surface area contributed by atoms with Gasteiger partial charge in [-0.2, -0.15) is 0 Å². The number of rotatable bonds is 8.